The van der Waals surface area contributed by atoms with Gasteiger partial charge in [0.15, 0.2) is 0 Å². The molecule has 1 aromatic carbocycles. The Kier molecular flexibility index (Phi) is 4.27. The lowest BCUT2D eigenvalue weighted by atomic mass is 10.1. The zero-order valence-corrected chi connectivity index (χ0v) is 11.7. The van der Waals surface area contributed by atoms with Gasteiger partial charge in [0, 0.05) is 18.0 Å². The molecule has 0 atom stereocenters. The van der Waals surface area contributed by atoms with E-state index in [1.54, 1.807) is 6.92 Å². The minimum Gasteiger partial charge on any atom is -0.385 e. The first kappa shape index (κ1) is 13.4. The van der Waals surface area contributed by atoms with Crippen molar-refractivity contribution < 1.29 is 8.42 Å². The van der Waals surface area contributed by atoms with Gasteiger partial charge in [-0.15, -0.1) is 0 Å². The van der Waals surface area contributed by atoms with E-state index in [-0.39, 0.29) is 11.5 Å². The number of fused-ring (bicyclic) bond motifs is 1. The number of rotatable bonds is 6. The fraction of sp³-hybridized carbons (Fsp3) is 0.571. The van der Waals surface area contributed by atoms with E-state index >= 15 is 0 Å². The van der Waals surface area contributed by atoms with Crippen LogP contribution in [0.15, 0.2) is 18.2 Å². The number of nitrogens with one attached hydrogen (secondary N) is 1. The van der Waals surface area contributed by atoms with Gasteiger partial charge >= 0.3 is 0 Å². The van der Waals surface area contributed by atoms with Crippen LogP contribution in [0, 0.1) is 0 Å². The molecule has 100 valence electrons. The Balaban J connectivity index is 1.81. The topological polar surface area (TPSA) is 46.2 Å². The van der Waals surface area contributed by atoms with Crippen LogP contribution in [0.5, 0.6) is 0 Å². The Hall–Kier alpha value is -1.03. The van der Waals surface area contributed by atoms with Crippen molar-refractivity contribution in [1.82, 2.24) is 0 Å². The quantitative estimate of drug-likeness (QED) is 0.805. The van der Waals surface area contributed by atoms with E-state index in [9.17, 15) is 8.42 Å². The summed E-state index contributed by atoms with van der Waals surface area (Å²) in [7, 11) is -2.82. The second-order valence-corrected chi connectivity index (χ2v) is 7.33. The van der Waals surface area contributed by atoms with Crippen molar-refractivity contribution in [3.8, 4) is 0 Å². The van der Waals surface area contributed by atoms with Gasteiger partial charge in [-0.05, 0) is 48.9 Å². The first-order valence-corrected chi connectivity index (χ1v) is 8.49. The number of benzene rings is 1. The molecule has 0 saturated heterocycles. The van der Waals surface area contributed by atoms with Gasteiger partial charge < -0.3 is 5.32 Å². The summed E-state index contributed by atoms with van der Waals surface area (Å²) in [6, 6.07) is 6.49. The van der Waals surface area contributed by atoms with Crippen LogP contribution in [0.2, 0.25) is 0 Å². The van der Waals surface area contributed by atoms with Gasteiger partial charge in [0.05, 0.1) is 5.75 Å². The highest BCUT2D eigenvalue weighted by Crippen LogP contribution is 2.24. The van der Waals surface area contributed by atoms with Gasteiger partial charge in [-0.2, -0.15) is 0 Å². The third-order valence-electron chi connectivity index (χ3n) is 3.50. The van der Waals surface area contributed by atoms with Crippen LogP contribution in [0.25, 0.3) is 0 Å². The van der Waals surface area contributed by atoms with E-state index in [0.29, 0.717) is 6.42 Å². The molecule has 1 aromatic rings. The van der Waals surface area contributed by atoms with E-state index in [1.807, 2.05) is 0 Å². The molecule has 0 aliphatic heterocycles. The summed E-state index contributed by atoms with van der Waals surface area (Å²) in [6.07, 6.45) is 4.31. The molecule has 0 fully saturated rings. The molecule has 18 heavy (non-hydrogen) atoms. The predicted molar refractivity (Wildman–Crippen MR) is 75.9 cm³/mol. The molecule has 0 spiro atoms. The average Bonchev–Trinajstić information content (AvgIpc) is 2.82. The van der Waals surface area contributed by atoms with Gasteiger partial charge in [0.25, 0.3) is 0 Å². The van der Waals surface area contributed by atoms with Crippen molar-refractivity contribution in [2.24, 2.45) is 0 Å². The van der Waals surface area contributed by atoms with Crippen LogP contribution in [0.4, 0.5) is 5.69 Å². The van der Waals surface area contributed by atoms with Gasteiger partial charge in [-0.3, -0.25) is 0 Å². The Morgan fingerprint density at radius 3 is 2.78 bits per heavy atom. The number of sulfone groups is 1. The van der Waals surface area contributed by atoms with Crippen molar-refractivity contribution in [3.05, 3.63) is 29.3 Å². The van der Waals surface area contributed by atoms with E-state index in [2.05, 4.69) is 23.5 Å². The zero-order valence-electron chi connectivity index (χ0n) is 10.9. The van der Waals surface area contributed by atoms with Crippen LogP contribution < -0.4 is 5.32 Å². The molecule has 1 aliphatic carbocycles. The van der Waals surface area contributed by atoms with E-state index in [0.717, 1.165) is 12.2 Å². The summed E-state index contributed by atoms with van der Waals surface area (Å²) in [6.45, 7) is 2.42. The predicted octanol–water partition coefficient (Wildman–Crippen LogP) is 2.41. The monoisotopic (exact) mass is 267 g/mol. The normalized spacial score (nSPS) is 14.5. The highest BCUT2D eigenvalue weighted by molar-refractivity contribution is 7.91. The highest BCUT2D eigenvalue weighted by Gasteiger charge is 2.10. The number of hydrogen-bond donors (Lipinski definition) is 1. The molecular formula is C14H21NO2S. The standard InChI is InChI=1S/C14H21NO2S/c1-2-18(16,17)10-4-9-15-14-8-7-12-5-3-6-13(12)11-14/h7-8,11,15H,2-6,9-10H2,1H3. The molecule has 0 bridgehead atoms. The Bertz CT molecular complexity index is 509. The van der Waals surface area contributed by atoms with Crippen LogP contribution in [0.1, 0.15) is 30.9 Å². The lowest BCUT2D eigenvalue weighted by Gasteiger charge is -2.08. The maximum absolute atomic E-state index is 11.3. The molecular weight excluding hydrogens is 246 g/mol. The van der Waals surface area contributed by atoms with E-state index in [4.69, 9.17) is 0 Å². The lowest BCUT2D eigenvalue weighted by molar-refractivity contribution is 0.595. The second kappa shape index (κ2) is 5.74. The van der Waals surface area contributed by atoms with Crippen molar-refractivity contribution >= 4 is 15.5 Å². The van der Waals surface area contributed by atoms with Gasteiger partial charge in [-0.25, -0.2) is 8.42 Å². The van der Waals surface area contributed by atoms with Gasteiger partial charge in [0.1, 0.15) is 9.84 Å². The van der Waals surface area contributed by atoms with Gasteiger partial charge in [0.2, 0.25) is 0 Å². The summed E-state index contributed by atoms with van der Waals surface area (Å²) in [4.78, 5) is 0. The van der Waals surface area contributed by atoms with Crippen LogP contribution in [-0.4, -0.2) is 26.5 Å². The van der Waals surface area contributed by atoms with Crippen molar-refractivity contribution in [2.75, 3.05) is 23.4 Å². The molecule has 1 N–H and O–H groups in total. The smallest absolute Gasteiger partial charge is 0.150 e. The van der Waals surface area contributed by atoms with E-state index < -0.39 is 9.84 Å². The molecule has 0 radical (unpaired) electrons. The molecule has 0 saturated carbocycles. The Labute approximate surface area is 110 Å². The third kappa shape index (κ3) is 3.48. The summed E-state index contributed by atoms with van der Waals surface area (Å²) in [5.74, 6) is 0.521. The average molecular weight is 267 g/mol. The summed E-state index contributed by atoms with van der Waals surface area (Å²) >= 11 is 0. The largest absolute Gasteiger partial charge is 0.385 e. The van der Waals surface area contributed by atoms with Crippen molar-refractivity contribution in [3.63, 3.8) is 0 Å². The number of anilines is 1. The minimum absolute atomic E-state index is 0.242. The first-order valence-electron chi connectivity index (χ1n) is 6.67. The number of aryl methyl sites for hydroxylation is 2. The molecule has 1 aliphatic rings. The highest BCUT2D eigenvalue weighted by atomic mass is 32.2. The second-order valence-electron chi connectivity index (χ2n) is 4.85. The lowest BCUT2D eigenvalue weighted by Crippen LogP contribution is -2.13. The third-order valence-corrected chi connectivity index (χ3v) is 5.29. The summed E-state index contributed by atoms with van der Waals surface area (Å²) in [5.41, 5.74) is 4.03. The minimum atomic E-state index is -2.82. The Morgan fingerprint density at radius 1 is 1.22 bits per heavy atom. The maximum Gasteiger partial charge on any atom is 0.150 e. The molecule has 2 rings (SSSR count). The fourth-order valence-corrected chi connectivity index (χ4v) is 3.22. The SMILES string of the molecule is CCS(=O)(=O)CCCNc1ccc2c(c1)CCC2. The van der Waals surface area contributed by atoms with Gasteiger partial charge in [-0.1, -0.05) is 13.0 Å². The molecule has 0 heterocycles. The first-order chi connectivity index (χ1) is 8.61. The fourth-order valence-electron chi connectivity index (χ4n) is 2.35. The molecule has 3 nitrogen and oxygen atoms in total. The number of hydrogen-bond acceptors (Lipinski definition) is 3. The van der Waals surface area contributed by atoms with E-state index in [1.165, 1.54) is 30.4 Å². The summed E-state index contributed by atoms with van der Waals surface area (Å²) < 4.78 is 22.7. The van der Waals surface area contributed by atoms with Crippen LogP contribution in [0.3, 0.4) is 0 Å². The summed E-state index contributed by atoms with van der Waals surface area (Å²) in [5, 5.41) is 3.31. The molecule has 4 heteroatoms. The molecule has 0 aromatic heterocycles. The Morgan fingerprint density at radius 2 is 2.00 bits per heavy atom. The van der Waals surface area contributed by atoms with Crippen LogP contribution >= 0.6 is 0 Å². The van der Waals surface area contributed by atoms with Crippen molar-refractivity contribution in [1.29, 1.82) is 0 Å². The maximum atomic E-state index is 11.3. The van der Waals surface area contributed by atoms with Crippen LogP contribution in [-0.2, 0) is 22.7 Å². The zero-order chi connectivity index (χ0) is 13.0. The molecule has 0 amide bonds. The molecule has 0 unspecified atom stereocenters. The van der Waals surface area contributed by atoms with Crippen molar-refractivity contribution in [2.45, 2.75) is 32.6 Å².